The molecule has 2 fully saturated rings. The van der Waals surface area contributed by atoms with Gasteiger partial charge in [0.15, 0.2) is 0 Å². The van der Waals surface area contributed by atoms with E-state index in [1.54, 1.807) is 6.07 Å². The van der Waals surface area contributed by atoms with Gasteiger partial charge in [0.05, 0.1) is 12.7 Å². The Morgan fingerprint density at radius 3 is 2.63 bits per heavy atom. The van der Waals surface area contributed by atoms with E-state index in [1.807, 2.05) is 6.07 Å². The number of halogens is 1. The van der Waals surface area contributed by atoms with E-state index in [0.717, 1.165) is 25.9 Å². The highest BCUT2D eigenvalue weighted by Crippen LogP contribution is 2.46. The van der Waals surface area contributed by atoms with Gasteiger partial charge >= 0.3 is 5.97 Å². The summed E-state index contributed by atoms with van der Waals surface area (Å²) in [4.78, 5) is 11.6. The Hall–Kier alpha value is -1.42. The zero-order valence-corrected chi connectivity index (χ0v) is 11.0. The second-order valence-corrected chi connectivity index (χ2v) is 5.48. The van der Waals surface area contributed by atoms with Crippen molar-refractivity contribution in [1.29, 1.82) is 0 Å². The van der Waals surface area contributed by atoms with Crippen LogP contribution in [0, 0.1) is 17.7 Å². The summed E-state index contributed by atoms with van der Waals surface area (Å²) in [6.07, 6.45) is 2.29. The van der Waals surface area contributed by atoms with Crippen molar-refractivity contribution in [3.63, 3.8) is 0 Å². The fourth-order valence-electron chi connectivity index (χ4n) is 3.67. The van der Waals surface area contributed by atoms with Gasteiger partial charge in [-0.1, -0.05) is 12.1 Å². The minimum Gasteiger partial charge on any atom is -0.465 e. The third kappa shape index (κ3) is 2.04. The third-order valence-corrected chi connectivity index (χ3v) is 4.53. The zero-order valence-electron chi connectivity index (χ0n) is 11.0. The van der Waals surface area contributed by atoms with Crippen LogP contribution in [-0.2, 0) is 4.74 Å². The molecule has 3 atom stereocenters. The molecule has 1 N–H and O–H groups in total. The first-order chi connectivity index (χ1) is 9.22. The van der Waals surface area contributed by atoms with E-state index < -0.39 is 11.8 Å². The molecule has 2 bridgehead atoms. The minimum atomic E-state index is -0.597. The molecule has 3 rings (SSSR count). The smallest absolute Gasteiger partial charge is 0.340 e. The second kappa shape index (κ2) is 4.93. The van der Waals surface area contributed by atoms with Crippen molar-refractivity contribution in [3.05, 3.63) is 35.1 Å². The minimum absolute atomic E-state index is 0.0536. The van der Waals surface area contributed by atoms with E-state index in [0.29, 0.717) is 17.4 Å². The Balaban J connectivity index is 1.99. The van der Waals surface area contributed by atoms with E-state index >= 15 is 0 Å². The Morgan fingerprint density at radius 1 is 1.32 bits per heavy atom. The molecule has 1 aliphatic carbocycles. The van der Waals surface area contributed by atoms with Crippen molar-refractivity contribution >= 4 is 5.97 Å². The number of ether oxygens (including phenoxy) is 1. The lowest BCUT2D eigenvalue weighted by Gasteiger charge is -2.31. The monoisotopic (exact) mass is 263 g/mol. The van der Waals surface area contributed by atoms with Crippen molar-refractivity contribution in [3.8, 4) is 0 Å². The molecule has 2 aliphatic rings. The number of nitrogens with one attached hydrogen (secondary N) is 1. The summed E-state index contributed by atoms with van der Waals surface area (Å²) in [5.41, 5.74) is 0.745. The van der Waals surface area contributed by atoms with Gasteiger partial charge in [-0.05, 0) is 55.3 Å². The SMILES string of the molecule is COC(=O)c1cccc(C2[C@@H]3CC[C@H]2CNC3)c1F. The van der Waals surface area contributed by atoms with Gasteiger partial charge in [0.2, 0.25) is 0 Å². The lowest BCUT2D eigenvalue weighted by atomic mass is 9.80. The van der Waals surface area contributed by atoms with Crippen molar-refractivity contribution in [2.24, 2.45) is 11.8 Å². The Kier molecular flexibility index (Phi) is 3.27. The number of carbonyl (C=O) groups is 1. The number of carbonyl (C=O) groups excluding carboxylic acids is 1. The molecule has 102 valence electrons. The van der Waals surface area contributed by atoms with Crippen molar-refractivity contribution in [1.82, 2.24) is 5.32 Å². The van der Waals surface area contributed by atoms with Gasteiger partial charge < -0.3 is 10.1 Å². The normalized spacial score (nSPS) is 29.3. The number of rotatable bonds is 2. The van der Waals surface area contributed by atoms with Gasteiger partial charge in [-0.25, -0.2) is 9.18 Å². The molecular formula is C15H18FNO2. The van der Waals surface area contributed by atoms with Gasteiger partial charge in [0.1, 0.15) is 5.82 Å². The molecule has 19 heavy (non-hydrogen) atoms. The van der Waals surface area contributed by atoms with E-state index in [4.69, 9.17) is 0 Å². The number of methoxy groups -OCH3 is 1. The second-order valence-electron chi connectivity index (χ2n) is 5.48. The average Bonchev–Trinajstić information content (AvgIpc) is 2.68. The molecule has 1 unspecified atom stereocenters. The summed E-state index contributed by atoms with van der Waals surface area (Å²) in [6, 6.07) is 5.07. The van der Waals surface area contributed by atoms with Crippen LogP contribution in [0.15, 0.2) is 18.2 Å². The first-order valence-corrected chi connectivity index (χ1v) is 6.79. The van der Waals surface area contributed by atoms with Crippen LogP contribution < -0.4 is 5.32 Å². The highest BCUT2D eigenvalue weighted by atomic mass is 19.1. The fraction of sp³-hybridized carbons (Fsp3) is 0.533. The molecular weight excluding hydrogens is 245 g/mol. The number of benzene rings is 1. The average molecular weight is 263 g/mol. The van der Waals surface area contributed by atoms with Crippen LogP contribution in [0.4, 0.5) is 4.39 Å². The van der Waals surface area contributed by atoms with Gasteiger partial charge in [-0.3, -0.25) is 0 Å². The van der Waals surface area contributed by atoms with Gasteiger partial charge in [-0.2, -0.15) is 0 Å². The molecule has 0 radical (unpaired) electrons. The Morgan fingerprint density at radius 2 is 2.00 bits per heavy atom. The van der Waals surface area contributed by atoms with Gasteiger partial charge in [0, 0.05) is 0 Å². The van der Waals surface area contributed by atoms with Crippen LogP contribution in [-0.4, -0.2) is 26.2 Å². The summed E-state index contributed by atoms with van der Waals surface area (Å²) in [5.74, 6) is 0.229. The molecule has 0 spiro atoms. The Bertz CT molecular complexity index is 487. The molecule has 4 heteroatoms. The maximum Gasteiger partial charge on any atom is 0.340 e. The topological polar surface area (TPSA) is 38.3 Å². The third-order valence-electron chi connectivity index (χ3n) is 4.53. The first-order valence-electron chi connectivity index (χ1n) is 6.79. The number of piperidine rings is 1. The van der Waals surface area contributed by atoms with E-state index in [-0.39, 0.29) is 11.5 Å². The first kappa shape index (κ1) is 12.6. The molecule has 3 nitrogen and oxygen atoms in total. The van der Waals surface area contributed by atoms with Crippen LogP contribution in [0.1, 0.15) is 34.7 Å². The molecule has 0 amide bonds. The summed E-state index contributed by atoms with van der Waals surface area (Å²) < 4.78 is 19.2. The molecule has 1 saturated carbocycles. The van der Waals surface area contributed by atoms with Gasteiger partial charge in [-0.15, -0.1) is 0 Å². The van der Waals surface area contributed by atoms with E-state index in [1.165, 1.54) is 13.2 Å². The van der Waals surface area contributed by atoms with Crippen molar-refractivity contribution in [2.75, 3.05) is 20.2 Å². The zero-order chi connectivity index (χ0) is 13.4. The fourth-order valence-corrected chi connectivity index (χ4v) is 3.67. The van der Waals surface area contributed by atoms with Crippen LogP contribution in [0.2, 0.25) is 0 Å². The van der Waals surface area contributed by atoms with Crippen LogP contribution in [0.25, 0.3) is 0 Å². The summed E-state index contributed by atoms with van der Waals surface area (Å²) >= 11 is 0. The standard InChI is InChI=1S/C15H18FNO2/c1-19-15(18)12-4-2-3-11(14(12)16)13-9-5-6-10(13)8-17-7-9/h2-4,9-10,13,17H,5-8H2,1H3/t9-,10+,13?. The summed E-state index contributed by atoms with van der Waals surface area (Å²) in [5, 5.41) is 3.40. The molecule has 1 aromatic rings. The lowest BCUT2D eigenvalue weighted by Crippen LogP contribution is -2.37. The summed E-state index contributed by atoms with van der Waals surface area (Å²) in [7, 11) is 1.28. The Labute approximate surface area is 112 Å². The highest BCUT2D eigenvalue weighted by Gasteiger charge is 2.41. The van der Waals surface area contributed by atoms with Crippen LogP contribution in [0.3, 0.4) is 0 Å². The lowest BCUT2D eigenvalue weighted by molar-refractivity contribution is 0.0595. The highest BCUT2D eigenvalue weighted by molar-refractivity contribution is 5.89. The maximum absolute atomic E-state index is 14.5. The molecule has 0 aromatic heterocycles. The predicted molar refractivity (Wildman–Crippen MR) is 69.6 cm³/mol. The number of esters is 1. The largest absolute Gasteiger partial charge is 0.465 e. The quantitative estimate of drug-likeness (QED) is 0.832. The summed E-state index contributed by atoms with van der Waals surface area (Å²) in [6.45, 7) is 1.89. The number of hydrogen-bond donors (Lipinski definition) is 1. The predicted octanol–water partition coefficient (Wildman–Crippen LogP) is 2.33. The molecule has 1 saturated heterocycles. The van der Waals surface area contributed by atoms with Gasteiger partial charge in [0.25, 0.3) is 0 Å². The van der Waals surface area contributed by atoms with E-state index in [9.17, 15) is 9.18 Å². The van der Waals surface area contributed by atoms with Crippen LogP contribution in [0.5, 0.6) is 0 Å². The molecule has 1 heterocycles. The van der Waals surface area contributed by atoms with Crippen molar-refractivity contribution in [2.45, 2.75) is 18.8 Å². The number of fused-ring (bicyclic) bond motifs is 2. The van der Waals surface area contributed by atoms with Crippen molar-refractivity contribution < 1.29 is 13.9 Å². The maximum atomic E-state index is 14.5. The molecule has 1 aliphatic heterocycles. The van der Waals surface area contributed by atoms with E-state index in [2.05, 4.69) is 10.1 Å². The molecule has 1 aromatic carbocycles. The van der Waals surface area contributed by atoms with Crippen LogP contribution >= 0.6 is 0 Å². The number of hydrogen-bond acceptors (Lipinski definition) is 3.